The number of hydrogen-bond acceptors (Lipinski definition) is 5. The molecule has 1 aliphatic rings. The van der Waals surface area contributed by atoms with Crippen molar-refractivity contribution in [3.63, 3.8) is 0 Å². The van der Waals surface area contributed by atoms with Crippen LogP contribution in [0.5, 0.6) is 23.0 Å². The van der Waals surface area contributed by atoms with Gasteiger partial charge in [-0.3, -0.25) is 4.79 Å². The number of hydrazone groups is 1. The number of fused-ring (bicyclic) bond motifs is 1. The summed E-state index contributed by atoms with van der Waals surface area (Å²) in [5, 5.41) is 4.02. The molecule has 0 aliphatic carbocycles. The third-order valence-corrected chi connectivity index (χ3v) is 5.03. The molecule has 168 valence electrons. The van der Waals surface area contributed by atoms with Crippen LogP contribution in [0, 0.1) is 0 Å². The number of nitrogens with one attached hydrogen (secondary N) is 1. The summed E-state index contributed by atoms with van der Waals surface area (Å²) in [6.07, 6.45) is 4.67. The number of rotatable bonds is 6. The average Bonchev–Trinajstić information content (AvgIpc) is 3.26. The van der Waals surface area contributed by atoms with E-state index in [2.05, 4.69) is 43.4 Å². The maximum Gasteiger partial charge on any atom is 0.264 e. The Kier molecular flexibility index (Phi) is 6.45. The Bertz CT molecular complexity index is 1190. The third kappa shape index (κ3) is 6.01. The zero-order valence-corrected chi connectivity index (χ0v) is 18.9. The Morgan fingerprint density at radius 2 is 1.73 bits per heavy atom. The highest BCUT2D eigenvalue weighted by Gasteiger charge is 2.13. The zero-order valence-electron chi connectivity index (χ0n) is 18.9. The van der Waals surface area contributed by atoms with Crippen molar-refractivity contribution < 1.29 is 19.0 Å². The van der Waals surface area contributed by atoms with Crippen LogP contribution in [0.3, 0.4) is 0 Å². The van der Waals surface area contributed by atoms with Crippen molar-refractivity contribution in [2.24, 2.45) is 5.10 Å². The van der Waals surface area contributed by atoms with Gasteiger partial charge in [0.1, 0.15) is 11.5 Å². The van der Waals surface area contributed by atoms with E-state index < -0.39 is 0 Å². The molecular weight excluding hydrogens is 416 g/mol. The molecular formula is C27H26N2O4. The summed E-state index contributed by atoms with van der Waals surface area (Å²) in [5.74, 6) is 2.49. The highest BCUT2D eigenvalue weighted by Crippen LogP contribution is 2.32. The van der Waals surface area contributed by atoms with Crippen molar-refractivity contribution in [1.29, 1.82) is 0 Å². The Balaban J connectivity index is 1.32. The van der Waals surface area contributed by atoms with E-state index in [1.165, 1.54) is 11.6 Å². The summed E-state index contributed by atoms with van der Waals surface area (Å²) in [4.78, 5) is 12.1. The number of amides is 1. The third-order valence-electron chi connectivity index (χ3n) is 5.03. The molecule has 0 bridgehead atoms. The maximum atomic E-state index is 12.1. The molecule has 4 rings (SSSR count). The van der Waals surface area contributed by atoms with Crippen LogP contribution in [-0.2, 0) is 10.2 Å². The first-order chi connectivity index (χ1) is 15.9. The minimum Gasteiger partial charge on any atom is -0.457 e. The van der Waals surface area contributed by atoms with Crippen LogP contribution >= 0.6 is 0 Å². The first-order valence-corrected chi connectivity index (χ1v) is 10.7. The SMILES string of the molecule is CC(C)(C)c1ccc(Oc2cccc(C=NNC(=O)C=Cc3ccc4c(c3)OCO4)c2)cc1. The van der Waals surface area contributed by atoms with Gasteiger partial charge in [0.15, 0.2) is 11.5 Å². The molecule has 0 saturated heterocycles. The average molecular weight is 443 g/mol. The Hall–Kier alpha value is -4.06. The molecule has 0 aromatic heterocycles. The van der Waals surface area contributed by atoms with E-state index in [-0.39, 0.29) is 18.1 Å². The molecule has 0 radical (unpaired) electrons. The zero-order chi connectivity index (χ0) is 23.3. The largest absolute Gasteiger partial charge is 0.457 e. The van der Waals surface area contributed by atoms with Gasteiger partial charge in [0.25, 0.3) is 5.91 Å². The van der Waals surface area contributed by atoms with Gasteiger partial charge in [-0.2, -0.15) is 5.10 Å². The molecule has 1 aliphatic heterocycles. The van der Waals surface area contributed by atoms with E-state index >= 15 is 0 Å². The molecule has 3 aromatic rings. The van der Waals surface area contributed by atoms with Crippen molar-refractivity contribution >= 4 is 18.2 Å². The Morgan fingerprint density at radius 1 is 0.939 bits per heavy atom. The molecule has 1 N–H and O–H groups in total. The van der Waals surface area contributed by atoms with Gasteiger partial charge in [-0.1, -0.05) is 51.1 Å². The second-order valence-electron chi connectivity index (χ2n) is 8.63. The monoisotopic (exact) mass is 442 g/mol. The predicted molar refractivity (Wildman–Crippen MR) is 129 cm³/mol. The van der Waals surface area contributed by atoms with Gasteiger partial charge < -0.3 is 14.2 Å². The number of ether oxygens (including phenoxy) is 3. The Labute approximate surface area is 193 Å². The summed E-state index contributed by atoms with van der Waals surface area (Å²) in [6.45, 7) is 6.75. The molecule has 33 heavy (non-hydrogen) atoms. The van der Waals surface area contributed by atoms with Crippen molar-refractivity contribution in [2.45, 2.75) is 26.2 Å². The summed E-state index contributed by atoms with van der Waals surface area (Å²) < 4.78 is 16.6. The molecule has 1 amide bonds. The summed E-state index contributed by atoms with van der Waals surface area (Å²) >= 11 is 0. The summed E-state index contributed by atoms with van der Waals surface area (Å²) in [7, 11) is 0. The minimum absolute atomic E-state index is 0.0962. The van der Waals surface area contributed by atoms with Crippen LogP contribution in [-0.4, -0.2) is 18.9 Å². The van der Waals surface area contributed by atoms with E-state index in [4.69, 9.17) is 14.2 Å². The molecule has 6 nitrogen and oxygen atoms in total. The van der Waals surface area contributed by atoms with E-state index in [0.717, 1.165) is 16.9 Å². The van der Waals surface area contributed by atoms with Crippen LogP contribution in [0.1, 0.15) is 37.5 Å². The van der Waals surface area contributed by atoms with Crippen LogP contribution in [0.25, 0.3) is 6.08 Å². The van der Waals surface area contributed by atoms with Gasteiger partial charge in [-0.25, -0.2) is 5.43 Å². The number of hydrogen-bond donors (Lipinski definition) is 1. The summed E-state index contributed by atoms with van der Waals surface area (Å²) in [6, 6.07) is 21.1. The Morgan fingerprint density at radius 3 is 2.52 bits per heavy atom. The first-order valence-electron chi connectivity index (χ1n) is 10.7. The molecule has 6 heteroatoms. The fourth-order valence-corrected chi connectivity index (χ4v) is 3.21. The quantitative estimate of drug-likeness (QED) is 0.303. The van der Waals surface area contributed by atoms with Gasteiger partial charge in [-0.05, 0) is 64.6 Å². The van der Waals surface area contributed by atoms with Gasteiger partial charge in [0, 0.05) is 6.08 Å². The first kappa shape index (κ1) is 22.1. The lowest BCUT2D eigenvalue weighted by atomic mass is 9.87. The minimum atomic E-state index is -0.338. The van der Waals surface area contributed by atoms with Crippen LogP contribution in [0.15, 0.2) is 77.9 Å². The smallest absolute Gasteiger partial charge is 0.264 e. The number of benzene rings is 3. The lowest BCUT2D eigenvalue weighted by molar-refractivity contribution is -0.116. The van der Waals surface area contributed by atoms with Crippen molar-refractivity contribution in [1.82, 2.24) is 5.43 Å². The van der Waals surface area contributed by atoms with Crippen molar-refractivity contribution in [3.05, 3.63) is 89.5 Å². The van der Waals surface area contributed by atoms with E-state index in [9.17, 15) is 4.79 Å². The van der Waals surface area contributed by atoms with Gasteiger partial charge in [0.05, 0.1) is 6.21 Å². The van der Waals surface area contributed by atoms with Crippen molar-refractivity contribution in [2.75, 3.05) is 6.79 Å². The van der Waals surface area contributed by atoms with Gasteiger partial charge in [0.2, 0.25) is 6.79 Å². The summed E-state index contributed by atoms with van der Waals surface area (Å²) in [5.41, 5.74) is 5.47. The standard InChI is InChI=1S/C27H26N2O4/c1-27(2,3)21-9-11-22(12-10-21)33-23-6-4-5-20(15-23)17-28-29-26(30)14-8-19-7-13-24-25(16-19)32-18-31-24/h4-17H,18H2,1-3H3,(H,29,30). The molecule has 0 unspecified atom stereocenters. The number of carbonyl (C=O) groups is 1. The molecule has 0 atom stereocenters. The second-order valence-corrected chi connectivity index (χ2v) is 8.63. The fourth-order valence-electron chi connectivity index (χ4n) is 3.21. The number of nitrogens with zero attached hydrogens (tertiary/aromatic N) is 1. The normalized spacial score (nSPS) is 12.9. The lowest BCUT2D eigenvalue weighted by Crippen LogP contribution is -2.14. The van der Waals surface area contributed by atoms with E-state index in [1.807, 2.05) is 54.6 Å². The highest BCUT2D eigenvalue weighted by molar-refractivity contribution is 5.92. The predicted octanol–water partition coefficient (Wildman–Crippen LogP) is 5.67. The lowest BCUT2D eigenvalue weighted by Gasteiger charge is -2.19. The van der Waals surface area contributed by atoms with E-state index in [1.54, 1.807) is 12.3 Å². The second kappa shape index (κ2) is 9.61. The molecule has 0 spiro atoms. The molecule has 1 heterocycles. The van der Waals surface area contributed by atoms with Crippen LogP contribution in [0.4, 0.5) is 0 Å². The van der Waals surface area contributed by atoms with Crippen LogP contribution < -0.4 is 19.6 Å². The van der Waals surface area contributed by atoms with Crippen LogP contribution in [0.2, 0.25) is 0 Å². The maximum absolute atomic E-state index is 12.1. The number of carbonyl (C=O) groups excluding carboxylic acids is 1. The van der Waals surface area contributed by atoms with Gasteiger partial charge >= 0.3 is 0 Å². The molecule has 0 saturated carbocycles. The molecule has 3 aromatic carbocycles. The molecule has 0 fully saturated rings. The fraction of sp³-hybridized carbons (Fsp3) is 0.185. The van der Waals surface area contributed by atoms with E-state index in [0.29, 0.717) is 17.2 Å². The topological polar surface area (TPSA) is 69.2 Å². The van der Waals surface area contributed by atoms with Gasteiger partial charge in [-0.15, -0.1) is 0 Å². The highest BCUT2D eigenvalue weighted by atomic mass is 16.7. The van der Waals surface area contributed by atoms with Crippen molar-refractivity contribution in [3.8, 4) is 23.0 Å².